The maximum atomic E-state index is 9.92. The first kappa shape index (κ1) is 10.5. The molecule has 1 aliphatic heterocycles. The van der Waals surface area contributed by atoms with Gasteiger partial charge in [-0.05, 0) is 0 Å². The van der Waals surface area contributed by atoms with E-state index in [1.165, 1.54) is 0 Å². The fourth-order valence-electron chi connectivity index (χ4n) is 2.33. The molecule has 88 valence electrons. The Morgan fingerprint density at radius 1 is 1.24 bits per heavy atom. The lowest BCUT2D eigenvalue weighted by Gasteiger charge is -2.18. The van der Waals surface area contributed by atoms with Gasteiger partial charge in [0.25, 0.3) is 0 Å². The van der Waals surface area contributed by atoms with Crippen molar-refractivity contribution < 1.29 is 5.11 Å². The van der Waals surface area contributed by atoms with Crippen LogP contribution in [0, 0.1) is 0 Å². The second-order valence-electron chi connectivity index (χ2n) is 4.32. The molecule has 0 bridgehead atoms. The number of aliphatic hydroxyl groups is 1. The maximum Gasteiger partial charge on any atom is 0.140 e. The van der Waals surface area contributed by atoms with Gasteiger partial charge in [-0.15, -0.1) is 0 Å². The Morgan fingerprint density at radius 2 is 2.06 bits per heavy atom. The Morgan fingerprint density at radius 3 is 2.76 bits per heavy atom. The van der Waals surface area contributed by atoms with Crippen molar-refractivity contribution in [1.29, 1.82) is 0 Å². The summed E-state index contributed by atoms with van der Waals surface area (Å²) in [4.78, 5) is 4.39. The lowest BCUT2D eigenvalue weighted by molar-refractivity contribution is 0.151. The third kappa shape index (κ3) is 1.85. The van der Waals surface area contributed by atoms with E-state index in [-0.39, 0.29) is 12.1 Å². The molecule has 0 saturated carbocycles. The smallest absolute Gasteiger partial charge is 0.140 e. The molecule has 1 aromatic carbocycles. The summed E-state index contributed by atoms with van der Waals surface area (Å²) in [6.45, 7) is 1.44. The number of rotatable bonds is 2. The third-order valence-corrected chi connectivity index (χ3v) is 3.21. The number of nitrogens with one attached hydrogen (secondary N) is 1. The van der Waals surface area contributed by atoms with E-state index in [9.17, 15) is 5.11 Å². The van der Waals surface area contributed by atoms with E-state index >= 15 is 0 Å². The molecular weight excluding hydrogens is 214 g/mol. The van der Waals surface area contributed by atoms with Crippen LogP contribution in [0.3, 0.4) is 0 Å². The van der Waals surface area contributed by atoms with E-state index in [0.717, 1.165) is 17.9 Å². The van der Waals surface area contributed by atoms with E-state index in [0.29, 0.717) is 6.54 Å². The number of β-amino-alcohol motifs (C(OH)–C–C–N with tert-alkyl or cyclic N) is 1. The molecule has 0 amide bonds. The molecule has 2 aromatic rings. The number of benzene rings is 1. The summed E-state index contributed by atoms with van der Waals surface area (Å²) in [5, 5.41) is 13.1. The molecule has 1 saturated heterocycles. The lowest BCUT2D eigenvalue weighted by atomic mass is 10.1. The van der Waals surface area contributed by atoms with Crippen LogP contribution in [0.2, 0.25) is 0 Å². The van der Waals surface area contributed by atoms with E-state index in [1.54, 1.807) is 6.20 Å². The first-order valence-corrected chi connectivity index (χ1v) is 5.83. The molecule has 1 aliphatic rings. The lowest BCUT2D eigenvalue weighted by Crippen LogP contribution is -2.22. The molecule has 0 radical (unpaired) electrons. The van der Waals surface area contributed by atoms with Crippen LogP contribution in [0.1, 0.15) is 6.04 Å². The molecule has 1 aromatic heterocycles. The van der Waals surface area contributed by atoms with Crippen molar-refractivity contribution in [3.05, 3.63) is 42.7 Å². The second kappa shape index (κ2) is 4.31. The summed E-state index contributed by atoms with van der Waals surface area (Å²) in [6.07, 6.45) is 3.38. The van der Waals surface area contributed by atoms with Gasteiger partial charge in [-0.3, -0.25) is 0 Å². The fourth-order valence-corrected chi connectivity index (χ4v) is 2.33. The number of aromatic nitrogens is 2. The van der Waals surface area contributed by atoms with Crippen molar-refractivity contribution in [2.45, 2.75) is 12.1 Å². The molecule has 4 heteroatoms. The van der Waals surface area contributed by atoms with Crippen LogP contribution in [-0.4, -0.2) is 33.9 Å². The third-order valence-electron chi connectivity index (χ3n) is 3.21. The summed E-state index contributed by atoms with van der Waals surface area (Å²) in [6, 6.07) is 10.1. The van der Waals surface area contributed by atoms with E-state index < -0.39 is 0 Å². The first-order chi connectivity index (χ1) is 8.36. The van der Waals surface area contributed by atoms with Gasteiger partial charge in [0.15, 0.2) is 0 Å². The Balaban J connectivity index is 2.00. The van der Waals surface area contributed by atoms with Gasteiger partial charge >= 0.3 is 0 Å². The molecule has 3 rings (SSSR count). The highest BCUT2D eigenvalue weighted by Gasteiger charge is 2.27. The monoisotopic (exact) mass is 229 g/mol. The van der Waals surface area contributed by atoms with Crippen LogP contribution in [0.5, 0.6) is 0 Å². The summed E-state index contributed by atoms with van der Waals surface area (Å²) in [7, 11) is 0. The Bertz CT molecular complexity index is 494. The standard InChI is InChI=1S/C13H15N3O/c17-12-9-14-8-11(12)16-7-6-15-13(16)10-4-2-1-3-5-10/h1-7,11-12,14,17H,8-9H2/t11?,12-/m1/s1. The minimum atomic E-state index is -0.341. The summed E-state index contributed by atoms with van der Waals surface area (Å²) < 4.78 is 2.06. The quantitative estimate of drug-likeness (QED) is 0.809. The molecular formula is C13H15N3O. The van der Waals surface area contributed by atoms with E-state index in [1.807, 2.05) is 36.5 Å². The predicted molar refractivity (Wildman–Crippen MR) is 65.6 cm³/mol. The Hall–Kier alpha value is -1.65. The highest BCUT2D eigenvalue weighted by molar-refractivity contribution is 5.55. The molecule has 4 nitrogen and oxygen atoms in total. The largest absolute Gasteiger partial charge is 0.390 e. The molecule has 1 fully saturated rings. The molecule has 2 N–H and O–H groups in total. The highest BCUT2D eigenvalue weighted by atomic mass is 16.3. The van der Waals surface area contributed by atoms with Gasteiger partial charge in [0.05, 0.1) is 12.1 Å². The number of hydrogen-bond donors (Lipinski definition) is 2. The van der Waals surface area contributed by atoms with Gasteiger partial charge in [0.2, 0.25) is 0 Å². The van der Waals surface area contributed by atoms with Gasteiger partial charge in [-0.1, -0.05) is 30.3 Å². The van der Waals surface area contributed by atoms with Crippen molar-refractivity contribution in [2.24, 2.45) is 0 Å². The van der Waals surface area contributed by atoms with Crippen LogP contribution in [0.25, 0.3) is 11.4 Å². The average Bonchev–Trinajstić information content (AvgIpc) is 2.98. The highest BCUT2D eigenvalue weighted by Crippen LogP contribution is 2.24. The van der Waals surface area contributed by atoms with Gasteiger partial charge in [0, 0.05) is 31.0 Å². The van der Waals surface area contributed by atoms with Gasteiger partial charge in [-0.25, -0.2) is 4.98 Å². The zero-order valence-electron chi connectivity index (χ0n) is 9.45. The fraction of sp³-hybridized carbons (Fsp3) is 0.308. The van der Waals surface area contributed by atoms with Gasteiger partial charge < -0.3 is 15.0 Å². The molecule has 17 heavy (non-hydrogen) atoms. The molecule has 2 heterocycles. The normalized spacial score (nSPS) is 24.1. The number of hydrogen-bond acceptors (Lipinski definition) is 3. The second-order valence-corrected chi connectivity index (χ2v) is 4.32. The number of imidazole rings is 1. The van der Waals surface area contributed by atoms with Crippen molar-refractivity contribution in [3.8, 4) is 11.4 Å². The van der Waals surface area contributed by atoms with Crippen LogP contribution < -0.4 is 5.32 Å². The van der Waals surface area contributed by atoms with Crippen LogP contribution >= 0.6 is 0 Å². The zero-order chi connectivity index (χ0) is 11.7. The van der Waals surface area contributed by atoms with Crippen molar-refractivity contribution in [3.63, 3.8) is 0 Å². The van der Waals surface area contributed by atoms with Crippen LogP contribution in [-0.2, 0) is 0 Å². The average molecular weight is 229 g/mol. The molecule has 1 unspecified atom stereocenters. The van der Waals surface area contributed by atoms with Crippen molar-refractivity contribution in [2.75, 3.05) is 13.1 Å². The summed E-state index contributed by atoms with van der Waals surface area (Å²) in [5.41, 5.74) is 1.08. The Kier molecular flexibility index (Phi) is 2.66. The topological polar surface area (TPSA) is 50.1 Å². The summed E-state index contributed by atoms with van der Waals surface area (Å²) >= 11 is 0. The molecule has 0 aliphatic carbocycles. The molecule has 2 atom stereocenters. The van der Waals surface area contributed by atoms with Crippen molar-refractivity contribution >= 4 is 0 Å². The van der Waals surface area contributed by atoms with Gasteiger partial charge in [0.1, 0.15) is 5.82 Å². The maximum absolute atomic E-state index is 9.92. The van der Waals surface area contributed by atoms with E-state index in [2.05, 4.69) is 14.9 Å². The molecule has 0 spiro atoms. The minimum Gasteiger partial charge on any atom is -0.390 e. The predicted octanol–water partition coefficient (Wildman–Crippen LogP) is 1.06. The minimum absolute atomic E-state index is 0.0766. The first-order valence-electron chi connectivity index (χ1n) is 5.83. The SMILES string of the molecule is O[C@@H]1CNCC1n1ccnc1-c1ccccc1. The number of nitrogens with zero attached hydrogens (tertiary/aromatic N) is 2. The van der Waals surface area contributed by atoms with E-state index in [4.69, 9.17) is 0 Å². The number of aliphatic hydroxyl groups excluding tert-OH is 1. The van der Waals surface area contributed by atoms with Crippen LogP contribution in [0.4, 0.5) is 0 Å². The van der Waals surface area contributed by atoms with Crippen LogP contribution in [0.15, 0.2) is 42.7 Å². The zero-order valence-corrected chi connectivity index (χ0v) is 9.45. The van der Waals surface area contributed by atoms with Gasteiger partial charge in [-0.2, -0.15) is 0 Å². The summed E-state index contributed by atoms with van der Waals surface area (Å²) in [5.74, 6) is 0.915. The Labute approximate surface area is 99.9 Å². The van der Waals surface area contributed by atoms with Crippen molar-refractivity contribution in [1.82, 2.24) is 14.9 Å².